The van der Waals surface area contributed by atoms with E-state index in [1.807, 2.05) is 30.3 Å². The number of halogens is 1. The van der Waals surface area contributed by atoms with Crippen LogP contribution >= 0.6 is 0 Å². The lowest BCUT2D eigenvalue weighted by Gasteiger charge is -2.31. The molecular weight excluding hydrogens is 381 g/mol. The van der Waals surface area contributed by atoms with Crippen LogP contribution in [0.15, 0.2) is 54.6 Å². The highest BCUT2D eigenvalue weighted by atomic mass is 32.2. The van der Waals surface area contributed by atoms with Gasteiger partial charge in [-0.3, -0.25) is 0 Å². The molecule has 0 spiro atoms. The molecule has 1 aliphatic heterocycles. The van der Waals surface area contributed by atoms with Crippen LogP contribution in [0.4, 0.5) is 4.39 Å². The third-order valence-corrected chi connectivity index (χ3v) is 6.61. The van der Waals surface area contributed by atoms with Crippen LogP contribution in [0.2, 0.25) is 0 Å². The number of benzene rings is 2. The second-order valence-corrected chi connectivity index (χ2v) is 8.82. The van der Waals surface area contributed by atoms with E-state index < -0.39 is 15.8 Å². The van der Waals surface area contributed by atoms with Gasteiger partial charge in [-0.1, -0.05) is 48.5 Å². The first kappa shape index (κ1) is 20.9. The molecule has 5 nitrogen and oxygen atoms in total. The van der Waals surface area contributed by atoms with E-state index in [2.05, 4.69) is 0 Å². The van der Waals surface area contributed by atoms with Gasteiger partial charge in [0.2, 0.25) is 10.0 Å². The van der Waals surface area contributed by atoms with E-state index in [1.54, 1.807) is 12.1 Å². The van der Waals surface area contributed by atoms with Gasteiger partial charge in [0.05, 0.1) is 31.7 Å². The minimum absolute atomic E-state index is 0.0280. The van der Waals surface area contributed by atoms with Crippen molar-refractivity contribution in [2.75, 3.05) is 26.3 Å². The molecule has 0 bridgehead atoms. The molecule has 0 unspecified atom stereocenters. The number of hydrogen-bond donors (Lipinski definition) is 0. The van der Waals surface area contributed by atoms with Crippen molar-refractivity contribution in [3.8, 4) is 0 Å². The van der Waals surface area contributed by atoms with Crippen molar-refractivity contribution in [2.24, 2.45) is 0 Å². The van der Waals surface area contributed by atoms with E-state index in [4.69, 9.17) is 9.47 Å². The summed E-state index contributed by atoms with van der Waals surface area (Å²) in [5.41, 5.74) is 1.33. The normalized spacial score (nSPS) is 16.3. The second-order valence-electron chi connectivity index (χ2n) is 6.86. The van der Waals surface area contributed by atoms with Crippen molar-refractivity contribution >= 4 is 10.0 Å². The molecule has 1 saturated heterocycles. The largest absolute Gasteiger partial charge is 0.376 e. The fourth-order valence-electron chi connectivity index (χ4n) is 3.22. The van der Waals surface area contributed by atoms with Crippen LogP contribution in [0.3, 0.4) is 0 Å². The molecular formula is C21H26FNO4S. The van der Waals surface area contributed by atoms with E-state index >= 15 is 0 Å². The molecule has 7 heteroatoms. The summed E-state index contributed by atoms with van der Waals surface area (Å²) in [6, 6.07) is 15.9. The smallest absolute Gasteiger partial charge is 0.218 e. The maximum atomic E-state index is 13.7. The number of nitrogens with zero attached hydrogens (tertiary/aromatic N) is 1. The summed E-state index contributed by atoms with van der Waals surface area (Å²) < 4.78 is 51.7. The molecule has 0 amide bonds. The van der Waals surface area contributed by atoms with Gasteiger partial charge in [0.25, 0.3) is 0 Å². The molecule has 2 aromatic carbocycles. The Morgan fingerprint density at radius 3 is 2.36 bits per heavy atom. The van der Waals surface area contributed by atoms with Crippen LogP contribution in [-0.4, -0.2) is 45.1 Å². The molecule has 1 heterocycles. The first-order valence-electron chi connectivity index (χ1n) is 9.49. The maximum absolute atomic E-state index is 13.7. The zero-order chi connectivity index (χ0) is 19.8. The van der Waals surface area contributed by atoms with E-state index in [0.29, 0.717) is 45.8 Å². The monoisotopic (exact) mass is 407 g/mol. The van der Waals surface area contributed by atoms with Gasteiger partial charge >= 0.3 is 0 Å². The van der Waals surface area contributed by atoms with Crippen molar-refractivity contribution in [1.29, 1.82) is 0 Å². The van der Waals surface area contributed by atoms with E-state index in [-0.39, 0.29) is 17.4 Å². The minimum Gasteiger partial charge on any atom is -0.376 e. The SMILES string of the molecule is O=S(=O)(Cc1ccccc1F)N1CCC(OCCOCc2ccccc2)CC1. The van der Waals surface area contributed by atoms with Crippen LogP contribution in [-0.2, 0) is 31.9 Å². The standard InChI is InChI=1S/C21H26FNO4S/c22-21-9-5-4-8-19(21)17-28(24,25)23-12-10-20(11-13-23)27-15-14-26-16-18-6-2-1-3-7-18/h1-9,20H,10-17H2. The van der Waals surface area contributed by atoms with Gasteiger partial charge in [-0.2, -0.15) is 0 Å². The van der Waals surface area contributed by atoms with E-state index in [9.17, 15) is 12.8 Å². The van der Waals surface area contributed by atoms with Gasteiger partial charge in [0.1, 0.15) is 5.82 Å². The lowest BCUT2D eigenvalue weighted by atomic mass is 10.1. The van der Waals surface area contributed by atoms with Gasteiger partial charge in [0.15, 0.2) is 0 Å². The summed E-state index contributed by atoms with van der Waals surface area (Å²) in [5, 5.41) is 0. The summed E-state index contributed by atoms with van der Waals surface area (Å²) in [6.45, 7) is 2.33. The first-order valence-corrected chi connectivity index (χ1v) is 11.1. The first-order chi connectivity index (χ1) is 13.5. The number of sulfonamides is 1. The number of ether oxygens (including phenoxy) is 2. The molecule has 0 atom stereocenters. The highest BCUT2D eigenvalue weighted by Crippen LogP contribution is 2.20. The Bertz CT molecular complexity index is 836. The highest BCUT2D eigenvalue weighted by Gasteiger charge is 2.29. The summed E-state index contributed by atoms with van der Waals surface area (Å²) >= 11 is 0. The van der Waals surface area contributed by atoms with Crippen molar-refractivity contribution in [2.45, 2.75) is 31.3 Å². The van der Waals surface area contributed by atoms with Crippen LogP contribution in [0.1, 0.15) is 24.0 Å². The van der Waals surface area contributed by atoms with Crippen LogP contribution in [0, 0.1) is 5.82 Å². The Morgan fingerprint density at radius 2 is 1.64 bits per heavy atom. The fourth-order valence-corrected chi connectivity index (χ4v) is 4.80. The van der Waals surface area contributed by atoms with E-state index in [1.165, 1.54) is 16.4 Å². The Balaban J connectivity index is 1.36. The van der Waals surface area contributed by atoms with Crippen molar-refractivity contribution in [3.05, 3.63) is 71.5 Å². The Kier molecular flexibility index (Phi) is 7.56. The van der Waals surface area contributed by atoms with E-state index in [0.717, 1.165) is 5.56 Å². The Hall–Kier alpha value is -1.80. The van der Waals surface area contributed by atoms with Gasteiger partial charge in [0, 0.05) is 18.7 Å². The summed E-state index contributed by atoms with van der Waals surface area (Å²) in [7, 11) is -3.53. The Morgan fingerprint density at radius 1 is 0.964 bits per heavy atom. The lowest BCUT2D eigenvalue weighted by molar-refractivity contribution is -0.0175. The van der Waals surface area contributed by atoms with Gasteiger partial charge in [-0.15, -0.1) is 0 Å². The summed E-state index contributed by atoms with van der Waals surface area (Å²) in [6.07, 6.45) is 1.30. The molecule has 0 saturated carbocycles. The van der Waals surface area contributed by atoms with Gasteiger partial charge in [-0.25, -0.2) is 17.1 Å². The number of piperidine rings is 1. The van der Waals surface area contributed by atoms with Crippen molar-refractivity contribution in [3.63, 3.8) is 0 Å². The molecule has 0 N–H and O–H groups in total. The highest BCUT2D eigenvalue weighted by molar-refractivity contribution is 7.88. The summed E-state index contributed by atoms with van der Waals surface area (Å²) in [4.78, 5) is 0. The van der Waals surface area contributed by atoms with Crippen LogP contribution in [0.25, 0.3) is 0 Å². The third-order valence-electron chi connectivity index (χ3n) is 4.78. The fraction of sp³-hybridized carbons (Fsp3) is 0.429. The van der Waals surface area contributed by atoms with Gasteiger partial charge in [-0.05, 0) is 24.5 Å². The molecule has 2 aromatic rings. The van der Waals surface area contributed by atoms with Crippen LogP contribution < -0.4 is 0 Å². The molecule has 152 valence electrons. The molecule has 1 aliphatic rings. The Labute approximate surface area is 166 Å². The zero-order valence-corrected chi connectivity index (χ0v) is 16.6. The molecule has 1 fully saturated rings. The quantitative estimate of drug-likeness (QED) is 0.598. The molecule has 0 aliphatic carbocycles. The maximum Gasteiger partial charge on any atom is 0.218 e. The van der Waals surface area contributed by atoms with Crippen LogP contribution in [0.5, 0.6) is 0 Å². The zero-order valence-electron chi connectivity index (χ0n) is 15.8. The number of rotatable bonds is 9. The molecule has 0 radical (unpaired) electrons. The lowest BCUT2D eigenvalue weighted by Crippen LogP contribution is -2.41. The van der Waals surface area contributed by atoms with Gasteiger partial charge < -0.3 is 9.47 Å². The minimum atomic E-state index is -3.53. The van der Waals surface area contributed by atoms with Crippen molar-refractivity contribution in [1.82, 2.24) is 4.31 Å². The molecule has 3 rings (SSSR count). The second kappa shape index (κ2) is 10.1. The molecule has 0 aromatic heterocycles. The third kappa shape index (κ3) is 6.10. The predicted molar refractivity (Wildman–Crippen MR) is 106 cm³/mol. The average Bonchev–Trinajstić information content (AvgIpc) is 2.70. The average molecular weight is 408 g/mol. The topological polar surface area (TPSA) is 55.8 Å². The number of hydrogen-bond acceptors (Lipinski definition) is 4. The predicted octanol–water partition coefficient (Wildman–Crippen LogP) is 3.35. The molecule has 28 heavy (non-hydrogen) atoms. The van der Waals surface area contributed by atoms with Crippen molar-refractivity contribution < 1.29 is 22.3 Å². The summed E-state index contributed by atoms with van der Waals surface area (Å²) in [5.74, 6) is -0.793.